The third-order valence-electron chi connectivity index (χ3n) is 4.95. The molecule has 2 aliphatic rings. The fourth-order valence-electron chi connectivity index (χ4n) is 3.42. The normalized spacial score (nSPS) is 16.2. The molecule has 2 heterocycles. The van der Waals surface area contributed by atoms with Crippen LogP contribution in [0.1, 0.15) is 27.0 Å². The summed E-state index contributed by atoms with van der Waals surface area (Å²) in [5, 5.41) is 0. The van der Waals surface area contributed by atoms with Gasteiger partial charge < -0.3 is 19.1 Å². The monoisotopic (exact) mass is 353 g/mol. The number of nitrogens with zero attached hydrogens (tertiary/aromatic N) is 1. The number of likely N-dealkylation sites (tertiary alicyclic amines) is 1. The van der Waals surface area contributed by atoms with Crippen LogP contribution in [0.5, 0.6) is 17.2 Å². The Morgan fingerprint density at radius 1 is 1.00 bits per heavy atom. The van der Waals surface area contributed by atoms with Gasteiger partial charge in [-0.2, -0.15) is 0 Å². The Balaban J connectivity index is 1.44. The van der Waals surface area contributed by atoms with Crippen LogP contribution in [0, 0.1) is 20.8 Å². The molecule has 2 aromatic rings. The summed E-state index contributed by atoms with van der Waals surface area (Å²) in [6.07, 6.45) is 0.0382. The predicted octanol–water partition coefficient (Wildman–Crippen LogP) is 3.29. The summed E-state index contributed by atoms with van der Waals surface area (Å²) < 4.78 is 17.3. The zero-order chi connectivity index (χ0) is 18.3. The maximum absolute atomic E-state index is 12.8. The van der Waals surface area contributed by atoms with Crippen molar-refractivity contribution in [3.05, 3.63) is 52.6 Å². The Morgan fingerprint density at radius 3 is 2.27 bits per heavy atom. The molecule has 0 saturated carbocycles. The van der Waals surface area contributed by atoms with Gasteiger partial charge in [-0.3, -0.25) is 4.79 Å². The van der Waals surface area contributed by atoms with Crippen LogP contribution in [0.3, 0.4) is 0 Å². The lowest BCUT2D eigenvalue weighted by Gasteiger charge is -2.39. The lowest BCUT2D eigenvalue weighted by Crippen LogP contribution is -2.56. The van der Waals surface area contributed by atoms with Crippen molar-refractivity contribution in [2.24, 2.45) is 0 Å². The van der Waals surface area contributed by atoms with Gasteiger partial charge in [0, 0.05) is 5.56 Å². The summed E-state index contributed by atoms with van der Waals surface area (Å²) in [7, 11) is 0. The quantitative estimate of drug-likeness (QED) is 0.850. The zero-order valence-corrected chi connectivity index (χ0v) is 15.4. The van der Waals surface area contributed by atoms with Gasteiger partial charge in [0.25, 0.3) is 5.91 Å². The van der Waals surface area contributed by atoms with E-state index < -0.39 is 0 Å². The van der Waals surface area contributed by atoms with Crippen LogP contribution in [-0.2, 0) is 0 Å². The fraction of sp³-hybridized carbons (Fsp3) is 0.381. The lowest BCUT2D eigenvalue weighted by atomic mass is 10.0. The first-order valence-corrected chi connectivity index (χ1v) is 8.95. The first-order valence-electron chi connectivity index (χ1n) is 8.95. The molecule has 2 aliphatic heterocycles. The van der Waals surface area contributed by atoms with Crippen molar-refractivity contribution >= 4 is 5.91 Å². The minimum absolute atomic E-state index is 0.0147. The molecular formula is C21H23NO4. The number of aryl methyl sites for hydroxylation is 3. The minimum Gasteiger partial charge on any atom is -0.486 e. The molecule has 0 aromatic heterocycles. The van der Waals surface area contributed by atoms with Crippen LogP contribution < -0.4 is 14.2 Å². The van der Waals surface area contributed by atoms with E-state index in [0.717, 1.165) is 22.4 Å². The van der Waals surface area contributed by atoms with E-state index in [-0.39, 0.29) is 12.0 Å². The van der Waals surface area contributed by atoms with Gasteiger partial charge in [-0.1, -0.05) is 18.2 Å². The van der Waals surface area contributed by atoms with Crippen molar-refractivity contribution in [2.75, 3.05) is 26.3 Å². The number of ether oxygens (including phenoxy) is 3. The van der Waals surface area contributed by atoms with Crippen molar-refractivity contribution in [2.45, 2.75) is 26.9 Å². The van der Waals surface area contributed by atoms with Crippen molar-refractivity contribution in [1.82, 2.24) is 4.90 Å². The topological polar surface area (TPSA) is 48.0 Å². The second-order valence-corrected chi connectivity index (χ2v) is 6.98. The number of hydrogen-bond donors (Lipinski definition) is 0. The van der Waals surface area contributed by atoms with Gasteiger partial charge in [0.05, 0.1) is 13.1 Å². The second-order valence-electron chi connectivity index (χ2n) is 6.98. The average Bonchev–Trinajstić information content (AvgIpc) is 2.58. The summed E-state index contributed by atoms with van der Waals surface area (Å²) in [6, 6.07) is 9.79. The fourth-order valence-corrected chi connectivity index (χ4v) is 3.42. The van der Waals surface area contributed by atoms with Gasteiger partial charge in [0.2, 0.25) is 0 Å². The molecule has 5 nitrogen and oxygen atoms in total. The molecule has 1 fully saturated rings. The van der Waals surface area contributed by atoms with E-state index in [4.69, 9.17) is 14.2 Å². The molecule has 2 aromatic carbocycles. The van der Waals surface area contributed by atoms with Crippen LogP contribution in [0.15, 0.2) is 30.3 Å². The number of carbonyl (C=O) groups is 1. The van der Waals surface area contributed by atoms with Gasteiger partial charge in [-0.05, 0) is 49.6 Å². The first-order chi connectivity index (χ1) is 12.5. The van der Waals surface area contributed by atoms with E-state index in [2.05, 4.69) is 0 Å². The van der Waals surface area contributed by atoms with Crippen molar-refractivity contribution in [3.63, 3.8) is 0 Å². The molecule has 136 valence electrons. The number of amides is 1. The van der Waals surface area contributed by atoms with E-state index >= 15 is 0 Å². The molecule has 1 amide bonds. The summed E-state index contributed by atoms with van der Waals surface area (Å²) in [4.78, 5) is 14.7. The molecule has 0 N–H and O–H groups in total. The van der Waals surface area contributed by atoms with E-state index in [0.29, 0.717) is 43.4 Å². The summed E-state index contributed by atoms with van der Waals surface area (Å²) >= 11 is 0. The third kappa shape index (κ3) is 2.98. The minimum atomic E-state index is 0.0147. The Morgan fingerprint density at radius 2 is 1.62 bits per heavy atom. The average molecular weight is 353 g/mol. The number of para-hydroxylation sites is 1. The van der Waals surface area contributed by atoms with Crippen molar-refractivity contribution < 1.29 is 19.0 Å². The Labute approximate surface area is 153 Å². The summed E-state index contributed by atoms with van der Waals surface area (Å²) in [6.45, 7) is 8.27. The summed E-state index contributed by atoms with van der Waals surface area (Å²) in [5.74, 6) is 2.31. The molecule has 0 radical (unpaired) electrons. The lowest BCUT2D eigenvalue weighted by molar-refractivity contribution is 0.0172. The number of rotatable bonds is 3. The highest BCUT2D eigenvalue weighted by atomic mass is 16.6. The van der Waals surface area contributed by atoms with Gasteiger partial charge in [-0.25, -0.2) is 0 Å². The smallest absolute Gasteiger partial charge is 0.254 e. The first kappa shape index (κ1) is 16.8. The molecular weight excluding hydrogens is 330 g/mol. The molecule has 5 heteroatoms. The van der Waals surface area contributed by atoms with Crippen LogP contribution in [0.2, 0.25) is 0 Å². The number of hydrogen-bond acceptors (Lipinski definition) is 4. The van der Waals surface area contributed by atoms with Crippen LogP contribution in [0.25, 0.3) is 0 Å². The van der Waals surface area contributed by atoms with Gasteiger partial charge in [0.15, 0.2) is 11.5 Å². The van der Waals surface area contributed by atoms with Crippen molar-refractivity contribution in [3.8, 4) is 17.2 Å². The maximum atomic E-state index is 12.8. The largest absolute Gasteiger partial charge is 0.486 e. The highest BCUT2D eigenvalue weighted by Gasteiger charge is 2.34. The molecule has 0 bridgehead atoms. The highest BCUT2D eigenvalue weighted by Crippen LogP contribution is 2.34. The molecule has 26 heavy (non-hydrogen) atoms. The predicted molar refractivity (Wildman–Crippen MR) is 98.4 cm³/mol. The molecule has 0 spiro atoms. The number of fused-ring (bicyclic) bond motifs is 1. The Kier molecular flexibility index (Phi) is 4.23. The van der Waals surface area contributed by atoms with Gasteiger partial charge in [-0.15, -0.1) is 0 Å². The third-order valence-corrected chi connectivity index (χ3v) is 4.95. The van der Waals surface area contributed by atoms with Gasteiger partial charge in [0.1, 0.15) is 25.1 Å². The highest BCUT2D eigenvalue weighted by molar-refractivity contribution is 5.97. The number of benzene rings is 2. The maximum Gasteiger partial charge on any atom is 0.254 e. The van der Waals surface area contributed by atoms with Gasteiger partial charge >= 0.3 is 0 Å². The summed E-state index contributed by atoms with van der Waals surface area (Å²) in [5.41, 5.74) is 3.81. The van der Waals surface area contributed by atoms with Crippen LogP contribution in [0.4, 0.5) is 0 Å². The van der Waals surface area contributed by atoms with Crippen molar-refractivity contribution in [1.29, 1.82) is 0 Å². The standard InChI is InChI=1S/C21H23NO4/c1-13-5-4-6-14(2)20(13)26-16-11-22(12-16)21(23)17-10-19-18(9-15(17)3)24-7-8-25-19/h4-6,9-10,16H,7-8,11-12H2,1-3H3. The molecule has 0 aliphatic carbocycles. The molecule has 0 atom stereocenters. The second kappa shape index (κ2) is 6.56. The molecule has 4 rings (SSSR count). The zero-order valence-electron chi connectivity index (χ0n) is 15.4. The van der Waals surface area contributed by atoms with Crippen LogP contribution in [-0.4, -0.2) is 43.2 Å². The number of carbonyl (C=O) groups excluding carboxylic acids is 1. The van der Waals surface area contributed by atoms with E-state index in [9.17, 15) is 4.79 Å². The van der Waals surface area contributed by atoms with E-state index in [1.54, 1.807) is 6.07 Å². The Hall–Kier alpha value is -2.69. The van der Waals surface area contributed by atoms with Crippen LogP contribution >= 0.6 is 0 Å². The Bertz CT molecular complexity index is 835. The van der Waals surface area contributed by atoms with E-state index in [1.807, 2.05) is 49.9 Å². The van der Waals surface area contributed by atoms with E-state index in [1.165, 1.54) is 0 Å². The SMILES string of the molecule is Cc1cc2c(cc1C(=O)N1CC(Oc3c(C)cccc3C)C1)OCCO2. The molecule has 1 saturated heterocycles. The molecule has 0 unspecified atom stereocenters.